The van der Waals surface area contributed by atoms with Crippen molar-refractivity contribution < 1.29 is 13.0 Å². The Kier molecular flexibility index (Phi) is 4.67. The lowest BCUT2D eigenvalue weighted by atomic mass is 10.2. The summed E-state index contributed by atoms with van der Waals surface area (Å²) in [7, 11) is -1.17. The van der Waals surface area contributed by atoms with Gasteiger partial charge in [0.2, 0.25) is 5.89 Å². The van der Waals surface area contributed by atoms with Gasteiger partial charge in [-0.25, -0.2) is 9.37 Å². The van der Waals surface area contributed by atoms with E-state index >= 15 is 0 Å². The zero-order valence-corrected chi connectivity index (χ0v) is 13.5. The number of aryl methyl sites for hydroxylation is 1. The number of aromatic nitrogens is 1. The maximum Gasteiger partial charge on any atom is 0.226 e. The van der Waals surface area contributed by atoms with Crippen LogP contribution in [0.25, 0.3) is 11.5 Å². The maximum atomic E-state index is 13.2. The minimum Gasteiger partial charge on any atom is -0.441 e. The van der Waals surface area contributed by atoms with Crippen molar-refractivity contribution >= 4 is 10.8 Å². The summed E-state index contributed by atoms with van der Waals surface area (Å²) in [4.78, 5) is 4.45. The van der Waals surface area contributed by atoms with Gasteiger partial charge in [0.15, 0.2) is 0 Å². The molecule has 3 rings (SSSR count). The van der Waals surface area contributed by atoms with Crippen LogP contribution in [0.2, 0.25) is 0 Å². The molecule has 0 aliphatic rings. The van der Waals surface area contributed by atoms with Gasteiger partial charge in [0, 0.05) is 22.1 Å². The fourth-order valence-corrected chi connectivity index (χ4v) is 3.51. The zero-order chi connectivity index (χ0) is 16.2. The third-order valence-corrected chi connectivity index (χ3v) is 4.68. The molecule has 1 heterocycles. The van der Waals surface area contributed by atoms with Crippen LogP contribution in [0.3, 0.4) is 0 Å². The van der Waals surface area contributed by atoms with Crippen molar-refractivity contribution in [2.75, 3.05) is 0 Å². The molecule has 0 saturated carbocycles. The van der Waals surface area contributed by atoms with E-state index in [0.29, 0.717) is 34.4 Å². The highest BCUT2D eigenvalue weighted by Crippen LogP contribution is 2.22. The smallest absolute Gasteiger partial charge is 0.226 e. The highest BCUT2D eigenvalue weighted by molar-refractivity contribution is 7.83. The number of benzene rings is 2. The molecule has 3 nitrogen and oxygen atoms in total. The first-order valence-corrected chi connectivity index (χ1v) is 8.72. The van der Waals surface area contributed by atoms with Crippen LogP contribution >= 0.6 is 0 Å². The minimum atomic E-state index is -1.17. The molecular weight excluding hydrogens is 313 g/mol. The highest BCUT2D eigenvalue weighted by atomic mass is 32.2. The van der Waals surface area contributed by atoms with E-state index in [0.717, 1.165) is 5.56 Å². The van der Waals surface area contributed by atoms with Crippen LogP contribution in [0.5, 0.6) is 0 Å². The molecule has 0 fully saturated rings. The molecule has 0 aliphatic carbocycles. The summed E-state index contributed by atoms with van der Waals surface area (Å²) in [6, 6.07) is 15.8. The van der Waals surface area contributed by atoms with E-state index in [1.165, 1.54) is 12.1 Å². The monoisotopic (exact) mass is 329 g/mol. The fourth-order valence-electron chi connectivity index (χ4n) is 2.28. The van der Waals surface area contributed by atoms with Gasteiger partial charge in [0.25, 0.3) is 0 Å². The Hall–Kier alpha value is -2.27. The van der Waals surface area contributed by atoms with Crippen molar-refractivity contribution in [2.45, 2.75) is 18.4 Å². The lowest BCUT2D eigenvalue weighted by molar-refractivity contribution is 0.540. The predicted octanol–water partition coefficient (Wildman–Crippen LogP) is 4.24. The number of hydrogen-bond donors (Lipinski definition) is 0. The highest BCUT2D eigenvalue weighted by Gasteiger charge is 2.14. The summed E-state index contributed by atoms with van der Waals surface area (Å²) < 4.78 is 31.1. The maximum absolute atomic E-state index is 13.2. The predicted molar refractivity (Wildman–Crippen MR) is 88.6 cm³/mol. The molecule has 0 spiro atoms. The molecule has 2 aromatic carbocycles. The number of oxazole rings is 1. The second kappa shape index (κ2) is 6.87. The van der Waals surface area contributed by atoms with Crippen LogP contribution in [0.4, 0.5) is 4.39 Å². The van der Waals surface area contributed by atoms with E-state index < -0.39 is 10.8 Å². The van der Waals surface area contributed by atoms with E-state index in [-0.39, 0.29) is 5.82 Å². The normalized spacial score (nSPS) is 12.3. The molecule has 1 atom stereocenters. The molecule has 3 aromatic rings. The topological polar surface area (TPSA) is 43.1 Å². The molecule has 0 bridgehead atoms. The molecule has 0 saturated heterocycles. The van der Waals surface area contributed by atoms with Crippen LogP contribution in [0.1, 0.15) is 17.0 Å². The Balaban J connectivity index is 1.73. The summed E-state index contributed by atoms with van der Waals surface area (Å²) in [6.07, 6.45) is 0. The first-order chi connectivity index (χ1) is 11.1. The quantitative estimate of drug-likeness (QED) is 0.703. The lowest BCUT2D eigenvalue weighted by Crippen LogP contribution is -2.01. The van der Waals surface area contributed by atoms with E-state index in [1.807, 2.05) is 37.3 Å². The van der Waals surface area contributed by atoms with Crippen LogP contribution in [0.15, 0.2) is 59.0 Å². The van der Waals surface area contributed by atoms with Crippen LogP contribution < -0.4 is 0 Å². The van der Waals surface area contributed by atoms with Gasteiger partial charge in [0.1, 0.15) is 11.6 Å². The third kappa shape index (κ3) is 3.93. The van der Waals surface area contributed by atoms with Gasteiger partial charge >= 0.3 is 0 Å². The van der Waals surface area contributed by atoms with Crippen molar-refractivity contribution in [2.24, 2.45) is 0 Å². The largest absolute Gasteiger partial charge is 0.441 e. The summed E-state index contributed by atoms with van der Waals surface area (Å²) in [6.45, 7) is 1.81. The van der Waals surface area contributed by atoms with Crippen molar-refractivity contribution in [3.8, 4) is 11.5 Å². The Morgan fingerprint density at radius 1 is 1.09 bits per heavy atom. The standard InChI is InChI=1S/C18H16FNO2S/c1-13-17(20-18(22-13)15-7-3-2-4-8-15)12-23(21)11-14-6-5-9-16(19)10-14/h2-10H,11-12H2,1H3. The summed E-state index contributed by atoms with van der Waals surface area (Å²) in [5.41, 5.74) is 2.28. The van der Waals surface area contributed by atoms with Gasteiger partial charge < -0.3 is 4.42 Å². The lowest BCUT2D eigenvalue weighted by Gasteiger charge is -2.01. The first-order valence-electron chi connectivity index (χ1n) is 7.23. The Morgan fingerprint density at radius 3 is 2.61 bits per heavy atom. The SMILES string of the molecule is Cc1oc(-c2ccccc2)nc1CS(=O)Cc1cccc(F)c1. The molecule has 0 aliphatic heterocycles. The molecule has 1 unspecified atom stereocenters. The van der Waals surface area contributed by atoms with Gasteiger partial charge in [0.05, 0.1) is 11.4 Å². The Bertz CT molecular complexity index is 830. The van der Waals surface area contributed by atoms with Crippen LogP contribution in [-0.2, 0) is 22.3 Å². The molecule has 23 heavy (non-hydrogen) atoms. The number of hydrogen-bond acceptors (Lipinski definition) is 3. The molecule has 0 radical (unpaired) electrons. The Labute approximate surface area is 136 Å². The van der Waals surface area contributed by atoms with Gasteiger partial charge in [-0.2, -0.15) is 0 Å². The summed E-state index contributed by atoms with van der Waals surface area (Å²) in [5.74, 6) is 1.46. The van der Waals surface area contributed by atoms with Crippen molar-refractivity contribution in [1.82, 2.24) is 4.98 Å². The average molecular weight is 329 g/mol. The van der Waals surface area contributed by atoms with Crippen molar-refractivity contribution in [1.29, 1.82) is 0 Å². The molecule has 0 N–H and O–H groups in total. The van der Waals surface area contributed by atoms with Crippen LogP contribution in [0, 0.1) is 12.7 Å². The molecule has 1 aromatic heterocycles. The molecule has 0 amide bonds. The third-order valence-electron chi connectivity index (χ3n) is 3.43. The second-order valence-corrected chi connectivity index (χ2v) is 6.70. The average Bonchev–Trinajstić information content (AvgIpc) is 2.89. The van der Waals surface area contributed by atoms with Gasteiger partial charge in [-0.05, 0) is 36.8 Å². The van der Waals surface area contributed by atoms with Gasteiger partial charge in [-0.3, -0.25) is 4.21 Å². The van der Waals surface area contributed by atoms with E-state index in [9.17, 15) is 8.60 Å². The van der Waals surface area contributed by atoms with Gasteiger partial charge in [-0.1, -0.05) is 30.3 Å². The van der Waals surface area contributed by atoms with E-state index in [4.69, 9.17) is 4.42 Å². The Morgan fingerprint density at radius 2 is 1.87 bits per heavy atom. The number of rotatable bonds is 5. The van der Waals surface area contributed by atoms with Crippen molar-refractivity contribution in [3.05, 3.63) is 77.4 Å². The molecular formula is C18H16FNO2S. The number of halogens is 1. The van der Waals surface area contributed by atoms with Crippen LogP contribution in [-0.4, -0.2) is 9.19 Å². The van der Waals surface area contributed by atoms with E-state index in [2.05, 4.69) is 4.98 Å². The molecule has 5 heteroatoms. The van der Waals surface area contributed by atoms with Crippen molar-refractivity contribution in [3.63, 3.8) is 0 Å². The second-order valence-electron chi connectivity index (χ2n) is 5.25. The molecule has 118 valence electrons. The zero-order valence-electron chi connectivity index (χ0n) is 12.7. The summed E-state index contributed by atoms with van der Waals surface area (Å²) >= 11 is 0. The first kappa shape index (κ1) is 15.6. The van der Waals surface area contributed by atoms with E-state index in [1.54, 1.807) is 12.1 Å². The number of nitrogens with zero attached hydrogens (tertiary/aromatic N) is 1. The fraction of sp³-hybridized carbons (Fsp3) is 0.167. The van der Waals surface area contributed by atoms with Gasteiger partial charge in [-0.15, -0.1) is 0 Å². The minimum absolute atomic E-state index is 0.290. The summed E-state index contributed by atoms with van der Waals surface area (Å²) in [5, 5.41) is 0.